The molecule has 2 N–H and O–H groups in total. The van der Waals surface area contributed by atoms with E-state index in [1.807, 2.05) is 6.92 Å². The molecule has 0 aliphatic heterocycles. The van der Waals surface area contributed by atoms with Crippen LogP contribution in [0.4, 0.5) is 0 Å². The fourth-order valence-electron chi connectivity index (χ4n) is 0.794. The first-order valence-electron chi connectivity index (χ1n) is 3.62. The summed E-state index contributed by atoms with van der Waals surface area (Å²) in [6.07, 6.45) is 1.39. The van der Waals surface area contributed by atoms with Gasteiger partial charge in [0.1, 0.15) is 12.3 Å². The van der Waals surface area contributed by atoms with Crippen molar-refractivity contribution in [3.63, 3.8) is 0 Å². The van der Waals surface area contributed by atoms with E-state index >= 15 is 0 Å². The Hall–Kier alpha value is -0.900. The molecule has 0 aromatic carbocycles. The van der Waals surface area contributed by atoms with Crippen LogP contribution in [0.25, 0.3) is 0 Å². The first-order valence-corrected chi connectivity index (χ1v) is 3.62. The molecule has 0 radical (unpaired) electrons. The van der Waals surface area contributed by atoms with Crippen molar-refractivity contribution < 1.29 is 14.7 Å². The van der Waals surface area contributed by atoms with Crippen molar-refractivity contribution in [1.82, 2.24) is 5.32 Å². The second-order valence-corrected chi connectivity index (χ2v) is 2.19. The Labute approximate surface area is 65.6 Å². The average molecular weight is 159 g/mol. The number of hydrogen-bond donors (Lipinski definition) is 2. The van der Waals surface area contributed by atoms with Crippen molar-refractivity contribution in [2.75, 3.05) is 6.54 Å². The third-order valence-electron chi connectivity index (χ3n) is 1.32. The van der Waals surface area contributed by atoms with Gasteiger partial charge in [0.25, 0.3) is 0 Å². The Morgan fingerprint density at radius 2 is 2.36 bits per heavy atom. The minimum atomic E-state index is -0.895. The van der Waals surface area contributed by atoms with Gasteiger partial charge < -0.3 is 15.2 Å². The van der Waals surface area contributed by atoms with E-state index in [1.165, 1.54) is 0 Å². The number of rotatable bonds is 6. The zero-order chi connectivity index (χ0) is 8.69. The van der Waals surface area contributed by atoms with Crippen LogP contribution in [-0.4, -0.2) is 29.9 Å². The minimum Gasteiger partial charge on any atom is -0.480 e. The first kappa shape index (κ1) is 10.1. The van der Waals surface area contributed by atoms with Crippen LogP contribution < -0.4 is 5.32 Å². The van der Waals surface area contributed by atoms with Gasteiger partial charge in [-0.1, -0.05) is 6.92 Å². The smallest absolute Gasteiger partial charge is 0.320 e. The number of hydrogen-bond acceptors (Lipinski definition) is 3. The van der Waals surface area contributed by atoms with Gasteiger partial charge in [-0.2, -0.15) is 0 Å². The molecule has 0 spiro atoms. The molecule has 1 atom stereocenters. The van der Waals surface area contributed by atoms with Crippen LogP contribution in [0.1, 0.15) is 19.8 Å². The molecular weight excluding hydrogens is 146 g/mol. The van der Waals surface area contributed by atoms with E-state index in [-0.39, 0.29) is 0 Å². The van der Waals surface area contributed by atoms with Gasteiger partial charge in [-0.3, -0.25) is 4.79 Å². The predicted octanol–water partition coefficient (Wildman–Crippen LogP) is 0.0282. The van der Waals surface area contributed by atoms with Crippen molar-refractivity contribution in [1.29, 1.82) is 0 Å². The Morgan fingerprint density at radius 3 is 2.73 bits per heavy atom. The van der Waals surface area contributed by atoms with E-state index in [9.17, 15) is 9.59 Å². The van der Waals surface area contributed by atoms with E-state index in [0.717, 1.165) is 6.29 Å². The van der Waals surface area contributed by atoms with Crippen LogP contribution in [0.15, 0.2) is 0 Å². The number of carbonyl (C=O) groups excluding carboxylic acids is 1. The monoisotopic (exact) mass is 159 g/mol. The zero-order valence-electron chi connectivity index (χ0n) is 6.54. The summed E-state index contributed by atoms with van der Waals surface area (Å²) in [5.41, 5.74) is 0. The van der Waals surface area contributed by atoms with Crippen molar-refractivity contribution in [3.05, 3.63) is 0 Å². The number of likely N-dealkylation sites (N-methyl/N-ethyl adjacent to an activating group) is 1. The van der Waals surface area contributed by atoms with Gasteiger partial charge in [0.2, 0.25) is 0 Å². The van der Waals surface area contributed by atoms with E-state index < -0.39 is 12.0 Å². The maximum Gasteiger partial charge on any atom is 0.320 e. The predicted molar refractivity (Wildman–Crippen MR) is 40.4 cm³/mol. The van der Waals surface area contributed by atoms with Gasteiger partial charge >= 0.3 is 5.97 Å². The molecule has 0 aromatic rings. The lowest BCUT2D eigenvalue weighted by atomic mass is 10.2. The summed E-state index contributed by atoms with van der Waals surface area (Å²) in [4.78, 5) is 20.3. The minimum absolute atomic E-state index is 0.296. The molecule has 0 saturated heterocycles. The van der Waals surface area contributed by atoms with Crippen LogP contribution in [0.2, 0.25) is 0 Å². The molecular formula is C7H13NO3. The number of carbonyl (C=O) groups is 2. The number of carboxylic acids is 1. The maximum atomic E-state index is 10.4. The van der Waals surface area contributed by atoms with Crippen LogP contribution >= 0.6 is 0 Å². The van der Waals surface area contributed by atoms with Crippen LogP contribution in [0, 0.1) is 0 Å². The highest BCUT2D eigenvalue weighted by Crippen LogP contribution is 1.94. The van der Waals surface area contributed by atoms with Crippen LogP contribution in [0.5, 0.6) is 0 Å². The quantitative estimate of drug-likeness (QED) is 0.536. The zero-order valence-corrected chi connectivity index (χ0v) is 6.54. The van der Waals surface area contributed by atoms with Crippen LogP contribution in [-0.2, 0) is 9.59 Å². The Kier molecular flexibility index (Phi) is 5.37. The highest BCUT2D eigenvalue weighted by molar-refractivity contribution is 5.73. The summed E-state index contributed by atoms with van der Waals surface area (Å²) in [6.45, 7) is 2.44. The molecule has 0 fully saturated rings. The molecule has 11 heavy (non-hydrogen) atoms. The fraction of sp³-hybridized carbons (Fsp3) is 0.714. The Bertz CT molecular complexity index is 136. The first-order chi connectivity index (χ1) is 5.22. The summed E-state index contributed by atoms with van der Waals surface area (Å²) in [5.74, 6) is -0.895. The molecule has 0 heterocycles. The lowest BCUT2D eigenvalue weighted by Crippen LogP contribution is -2.36. The van der Waals surface area contributed by atoms with Gasteiger partial charge in [0, 0.05) is 6.42 Å². The molecule has 0 rings (SSSR count). The lowest BCUT2D eigenvalue weighted by Gasteiger charge is -2.10. The third-order valence-corrected chi connectivity index (χ3v) is 1.32. The SMILES string of the molecule is CCN[C@@H](CCC=O)C(=O)O. The van der Waals surface area contributed by atoms with Gasteiger partial charge in [0.15, 0.2) is 0 Å². The summed E-state index contributed by atoms with van der Waals surface area (Å²) in [7, 11) is 0. The maximum absolute atomic E-state index is 10.4. The van der Waals surface area contributed by atoms with E-state index in [2.05, 4.69) is 5.32 Å². The average Bonchev–Trinajstić information content (AvgIpc) is 1.97. The summed E-state index contributed by atoms with van der Waals surface area (Å²) < 4.78 is 0. The second-order valence-electron chi connectivity index (χ2n) is 2.19. The molecule has 0 aliphatic rings. The van der Waals surface area contributed by atoms with Crippen molar-refractivity contribution in [3.8, 4) is 0 Å². The fourth-order valence-corrected chi connectivity index (χ4v) is 0.794. The molecule has 64 valence electrons. The van der Waals surface area contributed by atoms with Gasteiger partial charge in [-0.15, -0.1) is 0 Å². The van der Waals surface area contributed by atoms with Gasteiger partial charge in [-0.05, 0) is 13.0 Å². The van der Waals surface area contributed by atoms with Gasteiger partial charge in [0.05, 0.1) is 0 Å². The Balaban J connectivity index is 3.68. The number of aliphatic carboxylic acids is 1. The van der Waals surface area contributed by atoms with Crippen LogP contribution in [0.3, 0.4) is 0 Å². The molecule has 0 unspecified atom stereocenters. The van der Waals surface area contributed by atoms with Crippen molar-refractivity contribution in [2.24, 2.45) is 0 Å². The summed E-state index contributed by atoms with van der Waals surface area (Å²) >= 11 is 0. The normalized spacial score (nSPS) is 12.5. The standard InChI is InChI=1S/C7H13NO3/c1-2-8-6(7(10)11)4-3-5-9/h5-6,8H,2-4H2,1H3,(H,10,11)/t6-/m0/s1. The molecule has 0 bridgehead atoms. The van der Waals surface area contributed by atoms with Crippen molar-refractivity contribution >= 4 is 12.3 Å². The molecule has 0 amide bonds. The Morgan fingerprint density at radius 1 is 1.73 bits per heavy atom. The lowest BCUT2D eigenvalue weighted by molar-refractivity contribution is -0.139. The van der Waals surface area contributed by atoms with E-state index in [4.69, 9.17) is 5.11 Å². The highest BCUT2D eigenvalue weighted by Gasteiger charge is 2.14. The summed E-state index contributed by atoms with van der Waals surface area (Å²) in [5, 5.41) is 11.3. The van der Waals surface area contributed by atoms with E-state index in [1.54, 1.807) is 0 Å². The molecule has 4 heteroatoms. The molecule has 0 aromatic heterocycles. The van der Waals surface area contributed by atoms with Gasteiger partial charge in [-0.25, -0.2) is 0 Å². The van der Waals surface area contributed by atoms with E-state index in [0.29, 0.717) is 19.4 Å². The number of aldehydes is 1. The molecule has 0 aliphatic carbocycles. The summed E-state index contributed by atoms with van der Waals surface area (Å²) in [6, 6.07) is -0.579. The molecule has 4 nitrogen and oxygen atoms in total. The highest BCUT2D eigenvalue weighted by atomic mass is 16.4. The topological polar surface area (TPSA) is 66.4 Å². The third kappa shape index (κ3) is 4.50. The molecule has 0 saturated carbocycles. The number of nitrogens with one attached hydrogen (secondary N) is 1. The largest absolute Gasteiger partial charge is 0.480 e. The number of carboxylic acid groups (broad SMARTS) is 1. The van der Waals surface area contributed by atoms with Crippen molar-refractivity contribution in [2.45, 2.75) is 25.8 Å². The second kappa shape index (κ2) is 5.85.